The predicted molar refractivity (Wildman–Crippen MR) is 114 cm³/mol. The quantitative estimate of drug-likeness (QED) is 0.493. The Labute approximate surface area is 174 Å². The largest absolute Gasteiger partial charge is 0.485 e. The van der Waals surface area contributed by atoms with Gasteiger partial charge in [-0.1, -0.05) is 40.2 Å². The summed E-state index contributed by atoms with van der Waals surface area (Å²) in [6.07, 6.45) is 1.67. The number of ether oxygens (including phenoxy) is 1. The van der Waals surface area contributed by atoms with Gasteiger partial charge < -0.3 is 10.1 Å². The summed E-state index contributed by atoms with van der Waals surface area (Å²) in [4.78, 5) is 29.2. The fourth-order valence-electron chi connectivity index (χ4n) is 2.85. The first-order chi connectivity index (χ1) is 14.1. The van der Waals surface area contributed by atoms with Gasteiger partial charge in [-0.15, -0.1) is 0 Å². The molecule has 2 aromatic carbocycles. The van der Waals surface area contributed by atoms with Crippen LogP contribution in [0.4, 0.5) is 5.69 Å². The van der Waals surface area contributed by atoms with Crippen molar-refractivity contribution in [3.63, 3.8) is 0 Å². The number of para-hydroxylation sites is 2. The van der Waals surface area contributed by atoms with Gasteiger partial charge >= 0.3 is 0 Å². The summed E-state index contributed by atoms with van der Waals surface area (Å²) in [7, 11) is 0. The maximum Gasteiger partial charge on any atom is 0.258 e. The van der Waals surface area contributed by atoms with Crippen LogP contribution in [0.3, 0.4) is 0 Å². The molecule has 0 saturated heterocycles. The van der Waals surface area contributed by atoms with Gasteiger partial charge in [0, 0.05) is 22.3 Å². The molecular formula is C22H16BrN3O3. The van der Waals surface area contributed by atoms with Crippen molar-refractivity contribution < 1.29 is 9.53 Å². The number of amides is 1. The van der Waals surface area contributed by atoms with Crippen molar-refractivity contribution in [2.24, 2.45) is 0 Å². The lowest BCUT2D eigenvalue weighted by Gasteiger charge is -2.12. The predicted octanol–water partition coefficient (Wildman–Crippen LogP) is 4.29. The molecule has 1 amide bonds. The number of hydrogen-bond donors (Lipinski definition) is 1. The molecule has 0 unspecified atom stereocenters. The van der Waals surface area contributed by atoms with Crippen LogP contribution in [0.25, 0.3) is 5.65 Å². The van der Waals surface area contributed by atoms with Gasteiger partial charge in [-0.2, -0.15) is 0 Å². The van der Waals surface area contributed by atoms with E-state index < -0.39 is 0 Å². The molecule has 0 bridgehead atoms. The van der Waals surface area contributed by atoms with Crippen LogP contribution in [-0.4, -0.2) is 15.3 Å². The smallest absolute Gasteiger partial charge is 0.258 e. The molecule has 0 atom stereocenters. The van der Waals surface area contributed by atoms with E-state index in [1.807, 2.05) is 24.3 Å². The molecule has 0 spiro atoms. The van der Waals surface area contributed by atoms with Crippen molar-refractivity contribution in [1.29, 1.82) is 0 Å². The van der Waals surface area contributed by atoms with E-state index in [1.165, 1.54) is 10.5 Å². The molecule has 1 N–H and O–H groups in total. The Morgan fingerprint density at radius 1 is 1.03 bits per heavy atom. The summed E-state index contributed by atoms with van der Waals surface area (Å²) in [6, 6.07) is 21.1. The van der Waals surface area contributed by atoms with E-state index in [0.717, 1.165) is 4.47 Å². The molecule has 0 aliphatic rings. The lowest BCUT2D eigenvalue weighted by Crippen LogP contribution is -2.16. The first-order valence-electron chi connectivity index (χ1n) is 8.86. The maximum atomic E-state index is 12.5. The average Bonchev–Trinajstić information content (AvgIpc) is 2.73. The topological polar surface area (TPSA) is 72.7 Å². The van der Waals surface area contributed by atoms with Crippen molar-refractivity contribution in [2.45, 2.75) is 6.61 Å². The number of fused-ring (bicyclic) bond motifs is 1. The van der Waals surface area contributed by atoms with Gasteiger partial charge in [-0.05, 0) is 42.5 Å². The van der Waals surface area contributed by atoms with E-state index in [-0.39, 0.29) is 18.1 Å². The zero-order chi connectivity index (χ0) is 20.2. The highest BCUT2D eigenvalue weighted by atomic mass is 79.9. The highest BCUT2D eigenvalue weighted by molar-refractivity contribution is 9.10. The molecule has 0 radical (unpaired) electrons. The summed E-state index contributed by atoms with van der Waals surface area (Å²) in [5.41, 5.74) is 1.95. The highest BCUT2D eigenvalue weighted by Gasteiger charge is 2.11. The molecule has 0 fully saturated rings. The Morgan fingerprint density at radius 2 is 1.86 bits per heavy atom. The summed E-state index contributed by atoms with van der Waals surface area (Å²) in [5.74, 6) is 0.246. The van der Waals surface area contributed by atoms with Gasteiger partial charge in [0.25, 0.3) is 11.5 Å². The third-order valence-electron chi connectivity index (χ3n) is 4.22. The van der Waals surface area contributed by atoms with E-state index in [9.17, 15) is 9.59 Å². The maximum absolute atomic E-state index is 12.5. The second-order valence-electron chi connectivity index (χ2n) is 6.26. The minimum atomic E-state index is -0.246. The fourth-order valence-corrected chi connectivity index (χ4v) is 3.25. The molecule has 29 heavy (non-hydrogen) atoms. The Hall–Kier alpha value is -3.45. The Bertz CT molecular complexity index is 1250. The number of halogens is 1. The zero-order valence-corrected chi connectivity index (χ0v) is 16.8. The van der Waals surface area contributed by atoms with Crippen LogP contribution in [0.15, 0.2) is 88.3 Å². The van der Waals surface area contributed by atoms with Crippen LogP contribution in [0.1, 0.15) is 16.1 Å². The summed E-state index contributed by atoms with van der Waals surface area (Å²) in [6.45, 7) is 0.102. The zero-order valence-electron chi connectivity index (χ0n) is 15.2. The number of nitrogens with zero attached hydrogens (tertiary/aromatic N) is 2. The molecule has 7 heteroatoms. The average molecular weight is 450 g/mol. The van der Waals surface area contributed by atoms with Crippen LogP contribution in [0.2, 0.25) is 0 Å². The van der Waals surface area contributed by atoms with Crippen LogP contribution in [0, 0.1) is 0 Å². The third-order valence-corrected chi connectivity index (χ3v) is 4.71. The van der Waals surface area contributed by atoms with Crippen molar-refractivity contribution >= 4 is 33.2 Å². The van der Waals surface area contributed by atoms with Crippen molar-refractivity contribution in [3.8, 4) is 5.75 Å². The number of nitrogens with one attached hydrogen (secondary N) is 1. The lowest BCUT2D eigenvalue weighted by atomic mass is 10.2. The van der Waals surface area contributed by atoms with E-state index in [1.54, 1.807) is 48.7 Å². The molecule has 0 aliphatic heterocycles. The number of carbonyl (C=O) groups is 1. The highest BCUT2D eigenvalue weighted by Crippen LogP contribution is 2.25. The second kappa shape index (κ2) is 8.28. The monoisotopic (exact) mass is 449 g/mol. The van der Waals surface area contributed by atoms with Crippen molar-refractivity contribution in [1.82, 2.24) is 9.38 Å². The van der Waals surface area contributed by atoms with Gasteiger partial charge in [0.05, 0.1) is 11.4 Å². The lowest BCUT2D eigenvalue weighted by molar-refractivity contribution is 0.102. The number of rotatable bonds is 5. The summed E-state index contributed by atoms with van der Waals surface area (Å²) in [5, 5.41) is 2.86. The van der Waals surface area contributed by atoms with Gasteiger partial charge in [-0.25, -0.2) is 4.98 Å². The molecule has 6 nitrogen and oxygen atoms in total. The number of hydrogen-bond acceptors (Lipinski definition) is 4. The first-order valence-corrected chi connectivity index (χ1v) is 9.65. The van der Waals surface area contributed by atoms with Crippen LogP contribution >= 0.6 is 15.9 Å². The molecule has 4 aromatic rings. The molecular weight excluding hydrogens is 434 g/mol. The Balaban J connectivity index is 1.53. The fraction of sp³-hybridized carbons (Fsp3) is 0.0455. The summed E-state index contributed by atoms with van der Waals surface area (Å²) >= 11 is 3.37. The van der Waals surface area contributed by atoms with E-state index in [2.05, 4.69) is 26.2 Å². The molecule has 0 aliphatic carbocycles. The molecule has 4 rings (SSSR count). The van der Waals surface area contributed by atoms with E-state index in [0.29, 0.717) is 28.3 Å². The number of anilines is 1. The molecule has 144 valence electrons. The van der Waals surface area contributed by atoms with Gasteiger partial charge in [0.15, 0.2) is 0 Å². The minimum absolute atomic E-state index is 0.102. The van der Waals surface area contributed by atoms with Gasteiger partial charge in [-0.3, -0.25) is 14.0 Å². The van der Waals surface area contributed by atoms with Crippen LogP contribution in [-0.2, 0) is 6.61 Å². The Morgan fingerprint density at radius 3 is 2.72 bits per heavy atom. The van der Waals surface area contributed by atoms with Crippen LogP contribution in [0.5, 0.6) is 5.75 Å². The van der Waals surface area contributed by atoms with Crippen LogP contribution < -0.4 is 15.6 Å². The SMILES string of the molecule is O=C(Nc1ccccc1OCc1cc(=O)n2ccccc2n1)c1cccc(Br)c1. The van der Waals surface area contributed by atoms with Crippen molar-refractivity contribution in [3.05, 3.63) is 105 Å². The van der Waals surface area contributed by atoms with Gasteiger partial charge in [0.1, 0.15) is 18.0 Å². The van der Waals surface area contributed by atoms with Crippen molar-refractivity contribution in [2.75, 3.05) is 5.32 Å². The Kier molecular flexibility index (Phi) is 5.39. The number of carbonyl (C=O) groups excluding carboxylic acids is 1. The standard InChI is InChI=1S/C22H16BrN3O3/c23-16-7-5-6-15(12-16)22(28)25-18-8-1-2-9-19(18)29-14-17-13-21(27)26-11-4-3-10-20(26)24-17/h1-13H,14H2,(H,25,28). The third kappa shape index (κ3) is 4.35. The molecule has 0 saturated carbocycles. The second-order valence-corrected chi connectivity index (χ2v) is 7.18. The normalized spacial score (nSPS) is 10.7. The van der Waals surface area contributed by atoms with E-state index >= 15 is 0 Å². The van der Waals surface area contributed by atoms with E-state index in [4.69, 9.17) is 4.74 Å². The number of pyridine rings is 1. The first kappa shape index (κ1) is 18.9. The summed E-state index contributed by atoms with van der Waals surface area (Å²) < 4.78 is 8.14. The molecule has 2 aromatic heterocycles. The minimum Gasteiger partial charge on any atom is -0.485 e. The number of aromatic nitrogens is 2. The van der Waals surface area contributed by atoms with Gasteiger partial charge in [0.2, 0.25) is 0 Å². The molecule has 2 heterocycles. The number of benzene rings is 2.